The summed E-state index contributed by atoms with van der Waals surface area (Å²) in [6, 6.07) is 8.29. The third-order valence-corrected chi connectivity index (χ3v) is 5.72. The minimum atomic E-state index is 0.224. The van der Waals surface area contributed by atoms with Gasteiger partial charge in [-0.1, -0.05) is 34.1 Å². The second kappa shape index (κ2) is 5.88. The molecule has 1 aromatic carbocycles. The minimum Gasteiger partial charge on any atom is -0.342 e. The zero-order chi connectivity index (χ0) is 13.2. The van der Waals surface area contributed by atoms with Crippen LogP contribution in [0, 0.1) is 5.92 Å². The van der Waals surface area contributed by atoms with E-state index in [4.69, 9.17) is 0 Å². The molecule has 2 aliphatic rings. The van der Waals surface area contributed by atoms with Crippen LogP contribution >= 0.6 is 27.7 Å². The number of benzene rings is 1. The Morgan fingerprint density at radius 1 is 1.26 bits per heavy atom. The number of rotatable bonds is 2. The maximum Gasteiger partial charge on any atom is 0.226 e. The first-order valence-corrected chi connectivity index (χ1v) is 8.83. The quantitative estimate of drug-likeness (QED) is 0.821. The first-order valence-electron chi connectivity index (χ1n) is 6.88. The average molecular weight is 340 g/mol. The molecule has 1 aromatic rings. The highest BCUT2D eigenvalue weighted by Crippen LogP contribution is 2.50. The molecular weight excluding hydrogens is 322 g/mol. The molecule has 0 unspecified atom stereocenters. The molecule has 0 bridgehead atoms. The molecule has 4 heteroatoms. The summed E-state index contributed by atoms with van der Waals surface area (Å²) < 4.78 is 1.14. The van der Waals surface area contributed by atoms with Gasteiger partial charge < -0.3 is 4.90 Å². The van der Waals surface area contributed by atoms with Crippen LogP contribution in [0.4, 0.5) is 0 Å². The van der Waals surface area contributed by atoms with Crippen molar-refractivity contribution in [2.45, 2.75) is 18.8 Å². The highest BCUT2D eigenvalue weighted by atomic mass is 79.9. The van der Waals surface area contributed by atoms with Gasteiger partial charge in [-0.15, -0.1) is 0 Å². The van der Waals surface area contributed by atoms with Gasteiger partial charge in [0.15, 0.2) is 0 Å². The van der Waals surface area contributed by atoms with E-state index in [2.05, 4.69) is 39.0 Å². The van der Waals surface area contributed by atoms with Gasteiger partial charge in [0.05, 0.1) is 0 Å². The van der Waals surface area contributed by atoms with Crippen LogP contribution < -0.4 is 0 Å². The molecule has 2 fully saturated rings. The molecule has 2 nitrogen and oxygen atoms in total. The van der Waals surface area contributed by atoms with Crippen LogP contribution in [0.1, 0.15) is 24.3 Å². The van der Waals surface area contributed by atoms with Crippen LogP contribution in [-0.4, -0.2) is 35.4 Å². The zero-order valence-corrected chi connectivity index (χ0v) is 13.3. The van der Waals surface area contributed by atoms with Crippen LogP contribution in [-0.2, 0) is 4.79 Å². The number of halogens is 1. The number of carbonyl (C=O) groups excluding carboxylic acids is 1. The van der Waals surface area contributed by atoms with E-state index in [1.54, 1.807) is 0 Å². The number of carbonyl (C=O) groups is 1. The van der Waals surface area contributed by atoms with Crippen molar-refractivity contribution in [3.05, 3.63) is 34.3 Å². The highest BCUT2D eigenvalue weighted by Gasteiger charge is 2.46. The van der Waals surface area contributed by atoms with Gasteiger partial charge in [-0.05, 0) is 36.1 Å². The molecule has 1 aliphatic carbocycles. The van der Waals surface area contributed by atoms with E-state index in [1.165, 1.54) is 11.3 Å². The Balaban J connectivity index is 1.66. The SMILES string of the molecule is O=C([C@H]1C[C@@H]1c1ccccc1Br)N1CCCSCC1. The monoisotopic (exact) mass is 339 g/mol. The average Bonchev–Trinajstić information content (AvgIpc) is 3.22. The molecular formula is C15H18BrNOS. The summed E-state index contributed by atoms with van der Waals surface area (Å²) in [7, 11) is 0. The fourth-order valence-corrected chi connectivity index (χ4v) is 4.25. The summed E-state index contributed by atoms with van der Waals surface area (Å²) in [6.45, 7) is 1.88. The molecule has 1 saturated carbocycles. The lowest BCUT2D eigenvalue weighted by Gasteiger charge is -2.20. The Morgan fingerprint density at radius 3 is 2.95 bits per heavy atom. The number of amides is 1. The molecule has 3 rings (SSSR count). The van der Waals surface area contributed by atoms with Gasteiger partial charge in [0, 0.05) is 29.2 Å². The largest absolute Gasteiger partial charge is 0.342 e. The zero-order valence-electron chi connectivity index (χ0n) is 10.8. The van der Waals surface area contributed by atoms with Crippen LogP contribution in [0.15, 0.2) is 28.7 Å². The maximum absolute atomic E-state index is 12.5. The van der Waals surface area contributed by atoms with Crippen LogP contribution in [0.5, 0.6) is 0 Å². The number of hydrogen-bond acceptors (Lipinski definition) is 2. The van der Waals surface area contributed by atoms with E-state index in [0.717, 1.165) is 36.2 Å². The summed E-state index contributed by atoms with van der Waals surface area (Å²) in [6.07, 6.45) is 2.16. The Hall–Kier alpha value is -0.480. The predicted molar refractivity (Wildman–Crippen MR) is 83.5 cm³/mol. The lowest BCUT2D eigenvalue weighted by molar-refractivity contribution is -0.132. The van der Waals surface area contributed by atoms with E-state index in [9.17, 15) is 4.79 Å². The molecule has 102 valence electrons. The van der Waals surface area contributed by atoms with Crippen LogP contribution in [0.2, 0.25) is 0 Å². The molecule has 0 radical (unpaired) electrons. The number of hydrogen-bond donors (Lipinski definition) is 0. The fraction of sp³-hybridized carbons (Fsp3) is 0.533. The Labute approximate surface area is 127 Å². The van der Waals surface area contributed by atoms with Gasteiger partial charge in [0.2, 0.25) is 5.91 Å². The van der Waals surface area contributed by atoms with E-state index >= 15 is 0 Å². The molecule has 0 N–H and O–H groups in total. The second-order valence-electron chi connectivity index (χ2n) is 5.26. The third-order valence-electron chi connectivity index (χ3n) is 3.95. The summed E-state index contributed by atoms with van der Waals surface area (Å²) in [4.78, 5) is 14.6. The summed E-state index contributed by atoms with van der Waals surface area (Å²) in [5, 5.41) is 0. The molecule has 2 atom stereocenters. The van der Waals surface area contributed by atoms with E-state index in [1.807, 2.05) is 17.8 Å². The van der Waals surface area contributed by atoms with E-state index in [-0.39, 0.29) is 5.92 Å². The Morgan fingerprint density at radius 2 is 2.11 bits per heavy atom. The molecule has 19 heavy (non-hydrogen) atoms. The summed E-state index contributed by atoms with van der Waals surface area (Å²) in [5.41, 5.74) is 1.30. The van der Waals surface area contributed by atoms with Gasteiger partial charge in [-0.25, -0.2) is 0 Å². The van der Waals surface area contributed by atoms with Crippen molar-refractivity contribution in [1.29, 1.82) is 0 Å². The van der Waals surface area contributed by atoms with Crippen molar-refractivity contribution in [1.82, 2.24) is 4.90 Å². The molecule has 1 amide bonds. The van der Waals surface area contributed by atoms with Crippen molar-refractivity contribution in [2.75, 3.05) is 24.6 Å². The first-order chi connectivity index (χ1) is 9.27. The highest BCUT2D eigenvalue weighted by molar-refractivity contribution is 9.10. The molecule has 0 spiro atoms. The minimum absolute atomic E-state index is 0.224. The van der Waals surface area contributed by atoms with Gasteiger partial charge in [-0.3, -0.25) is 4.79 Å². The van der Waals surface area contributed by atoms with Crippen LogP contribution in [0.3, 0.4) is 0 Å². The van der Waals surface area contributed by atoms with E-state index < -0.39 is 0 Å². The summed E-state index contributed by atoms with van der Waals surface area (Å²) >= 11 is 5.56. The third kappa shape index (κ3) is 3.00. The Bertz CT molecular complexity index is 471. The van der Waals surface area contributed by atoms with Crippen LogP contribution in [0.25, 0.3) is 0 Å². The first kappa shape index (κ1) is 13.5. The van der Waals surface area contributed by atoms with Gasteiger partial charge in [0.25, 0.3) is 0 Å². The maximum atomic E-state index is 12.5. The number of nitrogens with zero attached hydrogens (tertiary/aromatic N) is 1. The van der Waals surface area contributed by atoms with Gasteiger partial charge >= 0.3 is 0 Å². The van der Waals surface area contributed by atoms with Gasteiger partial charge in [-0.2, -0.15) is 11.8 Å². The Kier molecular flexibility index (Phi) is 4.18. The molecule has 1 aliphatic heterocycles. The standard InChI is InChI=1S/C15H18BrNOS/c16-14-5-2-1-4-11(14)12-10-13(12)15(18)17-6-3-8-19-9-7-17/h1-2,4-5,12-13H,3,6-10H2/t12-,13+/m1/s1. The molecule has 1 saturated heterocycles. The van der Waals surface area contributed by atoms with Crippen molar-refractivity contribution >= 4 is 33.6 Å². The van der Waals surface area contributed by atoms with Gasteiger partial charge in [0.1, 0.15) is 0 Å². The molecule has 1 heterocycles. The normalized spacial score (nSPS) is 26.9. The fourth-order valence-electron chi connectivity index (χ4n) is 2.79. The second-order valence-corrected chi connectivity index (χ2v) is 7.34. The van der Waals surface area contributed by atoms with Crippen molar-refractivity contribution in [3.63, 3.8) is 0 Å². The lowest BCUT2D eigenvalue weighted by Crippen LogP contribution is -2.34. The topological polar surface area (TPSA) is 20.3 Å². The number of thioether (sulfide) groups is 1. The van der Waals surface area contributed by atoms with Crippen molar-refractivity contribution in [2.24, 2.45) is 5.92 Å². The van der Waals surface area contributed by atoms with Crippen molar-refractivity contribution < 1.29 is 4.79 Å². The smallest absolute Gasteiger partial charge is 0.226 e. The predicted octanol–water partition coefficient (Wildman–Crippen LogP) is 3.52. The lowest BCUT2D eigenvalue weighted by atomic mass is 10.1. The van der Waals surface area contributed by atoms with E-state index in [0.29, 0.717) is 11.8 Å². The van der Waals surface area contributed by atoms with Crippen molar-refractivity contribution in [3.8, 4) is 0 Å². The molecule has 0 aromatic heterocycles. The summed E-state index contributed by atoms with van der Waals surface area (Å²) in [5.74, 6) is 3.32.